The van der Waals surface area contributed by atoms with Gasteiger partial charge >= 0.3 is 0 Å². The molecule has 1 aromatic carbocycles. The lowest BCUT2D eigenvalue weighted by Crippen LogP contribution is -2.07. The van der Waals surface area contributed by atoms with Gasteiger partial charge in [-0.2, -0.15) is 0 Å². The van der Waals surface area contributed by atoms with Gasteiger partial charge in [0.25, 0.3) is 0 Å². The van der Waals surface area contributed by atoms with Crippen LogP contribution in [0.3, 0.4) is 0 Å². The molecule has 0 saturated heterocycles. The van der Waals surface area contributed by atoms with E-state index in [-0.39, 0.29) is 0 Å². The van der Waals surface area contributed by atoms with E-state index in [2.05, 4.69) is 43.1 Å². The van der Waals surface area contributed by atoms with Crippen LogP contribution in [0.2, 0.25) is 0 Å². The van der Waals surface area contributed by atoms with Gasteiger partial charge in [0.2, 0.25) is 0 Å². The summed E-state index contributed by atoms with van der Waals surface area (Å²) in [7, 11) is 0. The number of nitrogens with zero attached hydrogens (tertiary/aromatic N) is 1. The normalized spacial score (nSPS) is 11.0. The summed E-state index contributed by atoms with van der Waals surface area (Å²) in [5.41, 5.74) is 3.48. The molecule has 0 fully saturated rings. The number of hydrogen-bond acceptors (Lipinski definition) is 3. The summed E-state index contributed by atoms with van der Waals surface area (Å²) < 4.78 is 11.4. The van der Waals surface area contributed by atoms with Crippen molar-refractivity contribution in [3.63, 3.8) is 0 Å². The standard InChI is InChI=1S/C27H41NO2/c1-3-5-7-9-11-13-24-14-19-27(28-23-24)25-15-17-26(18-16-25)30-22-21-29-20-12-10-8-6-4-2/h14-19,23H,3-13,20-22H2,1-2H3. The van der Waals surface area contributed by atoms with Gasteiger partial charge in [-0.1, -0.05) is 71.3 Å². The van der Waals surface area contributed by atoms with Crippen molar-refractivity contribution in [1.82, 2.24) is 4.98 Å². The van der Waals surface area contributed by atoms with E-state index in [9.17, 15) is 0 Å². The number of ether oxygens (including phenoxy) is 2. The highest BCUT2D eigenvalue weighted by Crippen LogP contribution is 2.21. The Labute approximate surface area is 184 Å². The number of pyridine rings is 1. The summed E-state index contributed by atoms with van der Waals surface area (Å²) in [6, 6.07) is 12.5. The van der Waals surface area contributed by atoms with Crippen molar-refractivity contribution in [1.29, 1.82) is 0 Å². The Hall–Kier alpha value is -1.87. The van der Waals surface area contributed by atoms with E-state index >= 15 is 0 Å². The fourth-order valence-electron chi connectivity index (χ4n) is 3.53. The molecule has 3 nitrogen and oxygen atoms in total. The Balaban J connectivity index is 1.64. The monoisotopic (exact) mass is 411 g/mol. The molecule has 3 heteroatoms. The van der Waals surface area contributed by atoms with Crippen molar-refractivity contribution < 1.29 is 9.47 Å². The van der Waals surface area contributed by atoms with Crippen LogP contribution in [0.25, 0.3) is 11.3 Å². The van der Waals surface area contributed by atoms with Crippen LogP contribution in [0, 0.1) is 0 Å². The first-order valence-corrected chi connectivity index (χ1v) is 12.1. The molecule has 0 saturated carbocycles. The first-order chi connectivity index (χ1) is 14.8. The van der Waals surface area contributed by atoms with Gasteiger partial charge in [0.1, 0.15) is 12.4 Å². The maximum Gasteiger partial charge on any atom is 0.119 e. The van der Waals surface area contributed by atoms with Crippen LogP contribution in [0.4, 0.5) is 0 Å². The fourth-order valence-corrected chi connectivity index (χ4v) is 3.53. The molecule has 30 heavy (non-hydrogen) atoms. The minimum atomic E-state index is 0.597. The van der Waals surface area contributed by atoms with Gasteiger partial charge in [-0.3, -0.25) is 4.98 Å². The smallest absolute Gasteiger partial charge is 0.119 e. The van der Waals surface area contributed by atoms with E-state index in [1.165, 1.54) is 63.4 Å². The zero-order chi connectivity index (χ0) is 21.3. The van der Waals surface area contributed by atoms with Crippen LogP contribution < -0.4 is 4.74 Å². The molecule has 0 atom stereocenters. The average Bonchev–Trinajstić information content (AvgIpc) is 2.79. The number of unbranched alkanes of at least 4 members (excludes halogenated alkanes) is 8. The molecule has 1 aromatic heterocycles. The SMILES string of the molecule is CCCCCCCOCCOc1ccc(-c2ccc(CCCCCCC)cn2)cc1. The summed E-state index contributed by atoms with van der Waals surface area (Å²) in [5.74, 6) is 0.883. The van der Waals surface area contributed by atoms with Crippen LogP contribution in [0.5, 0.6) is 5.75 Å². The lowest BCUT2D eigenvalue weighted by atomic mass is 10.1. The van der Waals surface area contributed by atoms with Crippen LogP contribution in [0.1, 0.15) is 83.6 Å². The molecule has 1 heterocycles. The molecule has 166 valence electrons. The molecule has 0 radical (unpaired) electrons. The molecular formula is C27H41NO2. The number of rotatable bonds is 17. The Kier molecular flexibility index (Phi) is 12.9. The molecule has 0 spiro atoms. The van der Waals surface area contributed by atoms with Crippen molar-refractivity contribution in [2.24, 2.45) is 0 Å². The van der Waals surface area contributed by atoms with Gasteiger partial charge in [0, 0.05) is 18.4 Å². The van der Waals surface area contributed by atoms with Gasteiger partial charge in [0.05, 0.1) is 12.3 Å². The first-order valence-electron chi connectivity index (χ1n) is 12.1. The predicted octanol–water partition coefficient (Wildman–Crippen LogP) is 7.63. The maximum atomic E-state index is 5.79. The second-order valence-corrected chi connectivity index (χ2v) is 8.12. The van der Waals surface area contributed by atoms with Gasteiger partial charge < -0.3 is 9.47 Å². The summed E-state index contributed by atoms with van der Waals surface area (Å²) >= 11 is 0. The molecular weight excluding hydrogens is 370 g/mol. The van der Waals surface area contributed by atoms with E-state index in [0.29, 0.717) is 13.2 Å². The largest absolute Gasteiger partial charge is 0.491 e. The fraction of sp³-hybridized carbons (Fsp3) is 0.593. The molecule has 0 unspecified atom stereocenters. The second kappa shape index (κ2) is 15.9. The number of aromatic nitrogens is 1. The molecule has 0 bridgehead atoms. The highest BCUT2D eigenvalue weighted by Gasteiger charge is 2.02. The third kappa shape index (κ3) is 10.2. The number of benzene rings is 1. The van der Waals surface area contributed by atoms with Crippen molar-refractivity contribution in [2.75, 3.05) is 19.8 Å². The van der Waals surface area contributed by atoms with Crippen molar-refractivity contribution in [2.45, 2.75) is 84.5 Å². The van der Waals surface area contributed by atoms with E-state index in [1.54, 1.807) is 0 Å². The molecule has 0 aliphatic carbocycles. The zero-order valence-electron chi connectivity index (χ0n) is 19.2. The van der Waals surface area contributed by atoms with E-state index in [0.717, 1.165) is 36.5 Å². The minimum absolute atomic E-state index is 0.597. The predicted molar refractivity (Wildman–Crippen MR) is 127 cm³/mol. The molecule has 2 rings (SSSR count). The van der Waals surface area contributed by atoms with Gasteiger partial charge in [-0.05, 0) is 55.2 Å². The van der Waals surface area contributed by atoms with Gasteiger partial charge in [-0.25, -0.2) is 0 Å². The van der Waals surface area contributed by atoms with E-state index < -0.39 is 0 Å². The first kappa shape index (κ1) is 24.4. The summed E-state index contributed by atoms with van der Waals surface area (Å²) in [6.07, 6.45) is 16.1. The molecule has 0 N–H and O–H groups in total. The Morgan fingerprint density at radius 2 is 1.37 bits per heavy atom. The average molecular weight is 412 g/mol. The summed E-state index contributed by atoms with van der Waals surface area (Å²) in [4.78, 5) is 4.66. The lowest BCUT2D eigenvalue weighted by molar-refractivity contribution is 0.0971. The Bertz CT molecular complexity index is 652. The Morgan fingerprint density at radius 1 is 0.667 bits per heavy atom. The van der Waals surface area contributed by atoms with Gasteiger partial charge in [-0.15, -0.1) is 0 Å². The van der Waals surface area contributed by atoms with Gasteiger partial charge in [0.15, 0.2) is 0 Å². The molecule has 2 aromatic rings. The van der Waals surface area contributed by atoms with E-state index in [1.807, 2.05) is 18.3 Å². The zero-order valence-corrected chi connectivity index (χ0v) is 19.2. The third-order valence-electron chi connectivity index (χ3n) is 5.43. The lowest BCUT2D eigenvalue weighted by Gasteiger charge is -2.08. The third-order valence-corrected chi connectivity index (χ3v) is 5.43. The molecule has 0 aliphatic rings. The summed E-state index contributed by atoms with van der Waals surface area (Å²) in [6.45, 7) is 6.58. The topological polar surface area (TPSA) is 31.4 Å². The maximum absolute atomic E-state index is 5.79. The van der Waals surface area contributed by atoms with Crippen molar-refractivity contribution in [3.05, 3.63) is 48.2 Å². The number of aryl methyl sites for hydroxylation is 1. The second-order valence-electron chi connectivity index (χ2n) is 8.12. The molecule has 0 amide bonds. The van der Waals surface area contributed by atoms with Crippen LogP contribution >= 0.6 is 0 Å². The molecule has 0 aliphatic heterocycles. The summed E-state index contributed by atoms with van der Waals surface area (Å²) in [5, 5.41) is 0. The van der Waals surface area contributed by atoms with Crippen molar-refractivity contribution >= 4 is 0 Å². The van der Waals surface area contributed by atoms with Crippen LogP contribution in [0.15, 0.2) is 42.6 Å². The van der Waals surface area contributed by atoms with Crippen LogP contribution in [-0.4, -0.2) is 24.8 Å². The highest BCUT2D eigenvalue weighted by molar-refractivity contribution is 5.60. The quantitative estimate of drug-likeness (QED) is 0.251. The Morgan fingerprint density at radius 3 is 2.03 bits per heavy atom. The van der Waals surface area contributed by atoms with Crippen molar-refractivity contribution in [3.8, 4) is 17.0 Å². The van der Waals surface area contributed by atoms with E-state index in [4.69, 9.17) is 9.47 Å². The van der Waals surface area contributed by atoms with Crippen LogP contribution in [-0.2, 0) is 11.2 Å². The highest BCUT2D eigenvalue weighted by atomic mass is 16.5. The minimum Gasteiger partial charge on any atom is -0.491 e. The number of hydrogen-bond donors (Lipinski definition) is 0.